The number of ether oxygens (including phenoxy) is 1. The zero-order valence-corrected chi connectivity index (χ0v) is 11.0. The van der Waals surface area contributed by atoms with Crippen LogP contribution >= 0.6 is 11.3 Å². The third-order valence-electron chi connectivity index (χ3n) is 3.47. The molecule has 0 radical (unpaired) electrons. The number of esters is 1. The molecule has 1 aromatic heterocycles. The minimum Gasteiger partial charge on any atom is -0.469 e. The van der Waals surface area contributed by atoms with Crippen LogP contribution in [0.25, 0.3) is 0 Å². The Kier molecular flexibility index (Phi) is 3.49. The fourth-order valence-corrected chi connectivity index (χ4v) is 3.26. The third-order valence-corrected chi connectivity index (χ3v) is 4.39. The van der Waals surface area contributed by atoms with Crippen LogP contribution in [0.4, 0.5) is 0 Å². The highest BCUT2D eigenvalue weighted by molar-refractivity contribution is 7.11. The van der Waals surface area contributed by atoms with Crippen molar-refractivity contribution in [2.24, 2.45) is 17.1 Å². The molecule has 1 aliphatic rings. The van der Waals surface area contributed by atoms with Gasteiger partial charge in [0.1, 0.15) is 0 Å². The summed E-state index contributed by atoms with van der Waals surface area (Å²) in [7, 11) is 1.44. The van der Waals surface area contributed by atoms with Gasteiger partial charge in [0.2, 0.25) is 0 Å². The Morgan fingerprint density at radius 2 is 2.41 bits per heavy atom. The molecule has 0 spiro atoms. The SMILES string of the molecule is COC(=O)C(CN)(Cc1cnc(C)s1)C1CC1. The second-order valence-corrected chi connectivity index (χ2v) is 5.97. The number of aromatic nitrogens is 1. The van der Waals surface area contributed by atoms with Gasteiger partial charge in [-0.2, -0.15) is 0 Å². The number of thiazole rings is 1. The summed E-state index contributed by atoms with van der Waals surface area (Å²) in [4.78, 5) is 17.4. The third kappa shape index (κ3) is 2.35. The van der Waals surface area contributed by atoms with Gasteiger partial charge >= 0.3 is 5.97 Å². The monoisotopic (exact) mass is 254 g/mol. The first-order valence-corrected chi connectivity index (χ1v) is 6.64. The van der Waals surface area contributed by atoms with Gasteiger partial charge in [-0.05, 0) is 25.7 Å². The molecule has 0 bridgehead atoms. The Morgan fingerprint density at radius 3 is 2.82 bits per heavy atom. The van der Waals surface area contributed by atoms with Gasteiger partial charge in [0, 0.05) is 24.0 Å². The topological polar surface area (TPSA) is 65.2 Å². The normalized spacial score (nSPS) is 18.8. The van der Waals surface area contributed by atoms with Crippen LogP contribution in [0.1, 0.15) is 22.7 Å². The Hall–Kier alpha value is -0.940. The molecule has 0 aliphatic heterocycles. The Bertz CT molecular complexity index is 414. The molecule has 4 nitrogen and oxygen atoms in total. The summed E-state index contributed by atoms with van der Waals surface area (Å²) >= 11 is 1.63. The average molecular weight is 254 g/mol. The summed E-state index contributed by atoms with van der Waals surface area (Å²) in [5.74, 6) is 0.205. The van der Waals surface area contributed by atoms with Crippen molar-refractivity contribution in [2.45, 2.75) is 26.2 Å². The molecule has 0 aromatic carbocycles. The summed E-state index contributed by atoms with van der Waals surface area (Å²) in [6.07, 6.45) is 4.65. The van der Waals surface area contributed by atoms with Crippen LogP contribution in [0.3, 0.4) is 0 Å². The second-order valence-electron chi connectivity index (χ2n) is 4.65. The fourth-order valence-electron chi connectivity index (χ4n) is 2.34. The number of methoxy groups -OCH3 is 1. The maximum atomic E-state index is 12.0. The van der Waals surface area contributed by atoms with Crippen molar-refractivity contribution < 1.29 is 9.53 Å². The van der Waals surface area contributed by atoms with Gasteiger partial charge in [-0.3, -0.25) is 4.79 Å². The van der Waals surface area contributed by atoms with Crippen molar-refractivity contribution in [3.8, 4) is 0 Å². The maximum Gasteiger partial charge on any atom is 0.313 e. The molecule has 0 saturated heterocycles. The van der Waals surface area contributed by atoms with Gasteiger partial charge in [-0.15, -0.1) is 11.3 Å². The van der Waals surface area contributed by atoms with Crippen LogP contribution in [-0.4, -0.2) is 24.6 Å². The van der Waals surface area contributed by atoms with Crippen molar-refractivity contribution in [1.82, 2.24) is 4.98 Å². The van der Waals surface area contributed by atoms with Gasteiger partial charge in [-0.1, -0.05) is 0 Å². The summed E-state index contributed by atoms with van der Waals surface area (Å²) in [5.41, 5.74) is 5.33. The molecular formula is C12H18N2O2S. The van der Waals surface area contributed by atoms with Crippen LogP contribution in [0.15, 0.2) is 6.20 Å². The van der Waals surface area contributed by atoms with Crippen molar-refractivity contribution in [3.05, 3.63) is 16.1 Å². The van der Waals surface area contributed by atoms with Gasteiger partial charge in [0.15, 0.2) is 0 Å². The van der Waals surface area contributed by atoms with Crippen LogP contribution in [0.2, 0.25) is 0 Å². The molecule has 1 fully saturated rings. The lowest BCUT2D eigenvalue weighted by Gasteiger charge is -2.29. The van der Waals surface area contributed by atoms with E-state index in [2.05, 4.69) is 4.98 Å². The van der Waals surface area contributed by atoms with Crippen molar-refractivity contribution in [2.75, 3.05) is 13.7 Å². The van der Waals surface area contributed by atoms with Crippen molar-refractivity contribution in [3.63, 3.8) is 0 Å². The van der Waals surface area contributed by atoms with E-state index < -0.39 is 5.41 Å². The molecular weight excluding hydrogens is 236 g/mol. The Labute approximate surface area is 105 Å². The quantitative estimate of drug-likeness (QED) is 0.809. The number of nitrogens with two attached hydrogens (primary N) is 1. The largest absolute Gasteiger partial charge is 0.469 e. The first-order chi connectivity index (χ1) is 8.12. The zero-order valence-electron chi connectivity index (χ0n) is 10.2. The van der Waals surface area contributed by atoms with E-state index in [1.54, 1.807) is 11.3 Å². The number of hydrogen-bond donors (Lipinski definition) is 1. The summed E-state index contributed by atoms with van der Waals surface area (Å²) < 4.78 is 4.95. The summed E-state index contributed by atoms with van der Waals surface area (Å²) in [6, 6.07) is 0. The molecule has 1 aliphatic carbocycles. The predicted octanol–water partition coefficient (Wildman–Crippen LogP) is 1.52. The van der Waals surface area contributed by atoms with Crippen LogP contribution in [-0.2, 0) is 16.0 Å². The first kappa shape index (κ1) is 12.5. The predicted molar refractivity (Wildman–Crippen MR) is 66.8 cm³/mol. The van der Waals surface area contributed by atoms with Gasteiger partial charge < -0.3 is 10.5 Å². The zero-order chi connectivity index (χ0) is 12.5. The smallest absolute Gasteiger partial charge is 0.313 e. The molecule has 2 rings (SSSR count). The Balaban J connectivity index is 2.23. The lowest BCUT2D eigenvalue weighted by Crippen LogP contribution is -2.43. The van der Waals surface area contributed by atoms with Gasteiger partial charge in [0.05, 0.1) is 17.5 Å². The van der Waals surface area contributed by atoms with Crippen molar-refractivity contribution in [1.29, 1.82) is 0 Å². The molecule has 1 saturated carbocycles. The molecule has 1 unspecified atom stereocenters. The molecule has 17 heavy (non-hydrogen) atoms. The van der Waals surface area contributed by atoms with E-state index in [1.807, 2.05) is 13.1 Å². The van der Waals surface area contributed by atoms with E-state index in [-0.39, 0.29) is 5.97 Å². The highest BCUT2D eigenvalue weighted by Crippen LogP contribution is 2.48. The van der Waals surface area contributed by atoms with E-state index in [9.17, 15) is 4.79 Å². The number of carbonyl (C=O) groups excluding carboxylic acids is 1. The first-order valence-electron chi connectivity index (χ1n) is 5.82. The summed E-state index contributed by atoms with van der Waals surface area (Å²) in [6.45, 7) is 2.31. The molecule has 94 valence electrons. The Morgan fingerprint density at radius 1 is 1.71 bits per heavy atom. The second kappa shape index (κ2) is 4.74. The minimum atomic E-state index is -0.534. The molecule has 1 aromatic rings. The highest BCUT2D eigenvalue weighted by Gasteiger charge is 2.51. The lowest BCUT2D eigenvalue weighted by molar-refractivity contribution is -0.153. The van der Waals surface area contributed by atoms with Gasteiger partial charge in [0.25, 0.3) is 0 Å². The molecule has 5 heteroatoms. The minimum absolute atomic E-state index is 0.173. The molecule has 2 N–H and O–H groups in total. The molecule has 0 amide bonds. The number of hydrogen-bond acceptors (Lipinski definition) is 5. The molecule has 1 heterocycles. The standard InChI is InChI=1S/C12H18N2O2S/c1-8-14-6-10(17-8)5-12(7-13,9-3-4-9)11(15)16-2/h6,9H,3-5,7,13H2,1-2H3. The fraction of sp³-hybridized carbons (Fsp3) is 0.667. The molecule has 1 atom stereocenters. The average Bonchev–Trinajstić information content (AvgIpc) is 3.10. The van der Waals surface area contributed by atoms with E-state index in [0.717, 1.165) is 22.7 Å². The van der Waals surface area contributed by atoms with Crippen LogP contribution in [0, 0.1) is 18.3 Å². The van der Waals surface area contributed by atoms with E-state index >= 15 is 0 Å². The van der Waals surface area contributed by atoms with Crippen LogP contribution in [0.5, 0.6) is 0 Å². The number of aryl methyl sites for hydroxylation is 1. The number of nitrogens with zero attached hydrogens (tertiary/aromatic N) is 1. The van der Waals surface area contributed by atoms with E-state index in [1.165, 1.54) is 7.11 Å². The highest BCUT2D eigenvalue weighted by atomic mass is 32.1. The van der Waals surface area contributed by atoms with Crippen molar-refractivity contribution >= 4 is 17.3 Å². The lowest BCUT2D eigenvalue weighted by atomic mass is 9.79. The van der Waals surface area contributed by atoms with E-state index in [4.69, 9.17) is 10.5 Å². The van der Waals surface area contributed by atoms with E-state index in [0.29, 0.717) is 18.9 Å². The number of carbonyl (C=O) groups is 1. The van der Waals surface area contributed by atoms with Gasteiger partial charge in [-0.25, -0.2) is 4.98 Å². The number of rotatable bonds is 5. The van der Waals surface area contributed by atoms with Crippen LogP contribution < -0.4 is 5.73 Å². The maximum absolute atomic E-state index is 12.0. The summed E-state index contributed by atoms with van der Waals surface area (Å²) in [5, 5.41) is 1.02.